The fourth-order valence-corrected chi connectivity index (χ4v) is 1.41. The van der Waals surface area contributed by atoms with Gasteiger partial charge in [0, 0.05) is 4.47 Å². The van der Waals surface area contributed by atoms with Gasteiger partial charge in [-0.2, -0.15) is 0 Å². The van der Waals surface area contributed by atoms with Gasteiger partial charge in [-0.3, -0.25) is 4.79 Å². The van der Waals surface area contributed by atoms with Gasteiger partial charge in [-0.25, -0.2) is 0 Å². The van der Waals surface area contributed by atoms with Crippen LogP contribution in [0.15, 0.2) is 34.3 Å². The van der Waals surface area contributed by atoms with E-state index in [1.54, 1.807) is 0 Å². The molecule has 0 amide bonds. The molecule has 0 radical (unpaired) electrons. The summed E-state index contributed by atoms with van der Waals surface area (Å²) in [6.07, 6.45) is 3.57. The highest BCUT2D eigenvalue weighted by Crippen LogP contribution is 2.18. The van der Waals surface area contributed by atoms with Crippen LogP contribution in [0, 0.1) is 0 Å². The van der Waals surface area contributed by atoms with Crippen molar-refractivity contribution in [3.05, 3.63) is 39.9 Å². The van der Waals surface area contributed by atoms with Gasteiger partial charge in [-0.15, -0.1) is 0 Å². The van der Waals surface area contributed by atoms with Gasteiger partial charge in [0.15, 0.2) is 0 Å². The summed E-state index contributed by atoms with van der Waals surface area (Å²) in [4.78, 5) is 10.6. The standard InChI is InChI=1S/C11H11BrO/c1-2-9(8-13)7-10-5-3-4-6-11(10)12/h3-8H,2H2,1H3. The first kappa shape index (κ1) is 10.2. The molecule has 0 aliphatic rings. The van der Waals surface area contributed by atoms with Gasteiger partial charge < -0.3 is 0 Å². The van der Waals surface area contributed by atoms with E-state index in [1.807, 2.05) is 37.3 Å². The maximum Gasteiger partial charge on any atom is 0.146 e. The minimum Gasteiger partial charge on any atom is -0.298 e. The van der Waals surface area contributed by atoms with Crippen molar-refractivity contribution in [2.75, 3.05) is 0 Å². The van der Waals surface area contributed by atoms with Gasteiger partial charge in [0.1, 0.15) is 6.29 Å². The number of carbonyl (C=O) groups is 1. The zero-order chi connectivity index (χ0) is 9.68. The number of allylic oxidation sites excluding steroid dienone is 1. The molecule has 68 valence electrons. The normalized spacial score (nSPS) is 11.4. The molecule has 1 nitrogen and oxygen atoms in total. The molecule has 0 atom stereocenters. The van der Waals surface area contributed by atoms with Crippen LogP contribution in [0.3, 0.4) is 0 Å². The second-order valence-corrected chi connectivity index (χ2v) is 3.57. The first-order valence-corrected chi connectivity index (χ1v) is 4.97. The van der Waals surface area contributed by atoms with Crippen molar-refractivity contribution in [1.29, 1.82) is 0 Å². The summed E-state index contributed by atoms with van der Waals surface area (Å²) in [7, 11) is 0. The van der Waals surface area contributed by atoms with Crippen molar-refractivity contribution in [3.63, 3.8) is 0 Å². The Hall–Kier alpha value is -0.890. The predicted molar refractivity (Wildman–Crippen MR) is 58.5 cm³/mol. The average Bonchev–Trinajstić information content (AvgIpc) is 2.17. The third kappa shape index (κ3) is 2.81. The molecule has 0 spiro atoms. The fourth-order valence-electron chi connectivity index (χ4n) is 1.01. The van der Waals surface area contributed by atoms with Crippen LogP contribution in [0.5, 0.6) is 0 Å². The second-order valence-electron chi connectivity index (χ2n) is 2.71. The Labute approximate surface area is 86.6 Å². The number of rotatable bonds is 3. The maximum absolute atomic E-state index is 10.6. The Kier molecular flexibility index (Phi) is 3.90. The SMILES string of the molecule is CCC(C=O)=Cc1ccccc1Br. The van der Waals surface area contributed by atoms with E-state index in [-0.39, 0.29) is 0 Å². The summed E-state index contributed by atoms with van der Waals surface area (Å²) in [5, 5.41) is 0. The molecule has 0 heterocycles. The van der Waals surface area contributed by atoms with Crippen LogP contribution in [-0.4, -0.2) is 6.29 Å². The summed E-state index contributed by atoms with van der Waals surface area (Å²) < 4.78 is 1.02. The van der Waals surface area contributed by atoms with E-state index in [0.717, 1.165) is 28.3 Å². The van der Waals surface area contributed by atoms with E-state index in [4.69, 9.17) is 0 Å². The first-order chi connectivity index (χ1) is 6.27. The molecular weight excluding hydrogens is 228 g/mol. The number of hydrogen-bond acceptors (Lipinski definition) is 1. The molecule has 0 saturated carbocycles. The molecule has 0 aliphatic heterocycles. The van der Waals surface area contributed by atoms with Crippen molar-refractivity contribution in [2.45, 2.75) is 13.3 Å². The molecule has 0 saturated heterocycles. The Morgan fingerprint density at radius 3 is 2.69 bits per heavy atom. The molecule has 1 rings (SSSR count). The molecule has 2 heteroatoms. The molecule has 0 aromatic heterocycles. The monoisotopic (exact) mass is 238 g/mol. The molecule has 0 unspecified atom stereocenters. The Morgan fingerprint density at radius 2 is 2.15 bits per heavy atom. The van der Waals surface area contributed by atoms with Gasteiger partial charge in [0.05, 0.1) is 0 Å². The van der Waals surface area contributed by atoms with Crippen LogP contribution in [-0.2, 0) is 4.79 Å². The van der Waals surface area contributed by atoms with Gasteiger partial charge in [0.25, 0.3) is 0 Å². The second kappa shape index (κ2) is 4.97. The number of carbonyl (C=O) groups excluding carboxylic acids is 1. The van der Waals surface area contributed by atoms with E-state index in [9.17, 15) is 4.79 Å². The van der Waals surface area contributed by atoms with Crippen LogP contribution >= 0.6 is 15.9 Å². The van der Waals surface area contributed by atoms with E-state index < -0.39 is 0 Å². The lowest BCUT2D eigenvalue weighted by Crippen LogP contribution is -1.82. The Balaban J connectivity index is 3.02. The molecule has 1 aromatic carbocycles. The summed E-state index contributed by atoms with van der Waals surface area (Å²) in [6.45, 7) is 1.97. The molecule has 0 bridgehead atoms. The van der Waals surface area contributed by atoms with Crippen LogP contribution in [0.25, 0.3) is 6.08 Å². The molecule has 1 aromatic rings. The van der Waals surface area contributed by atoms with Gasteiger partial charge in [0.2, 0.25) is 0 Å². The van der Waals surface area contributed by atoms with Crippen molar-refractivity contribution >= 4 is 28.3 Å². The topological polar surface area (TPSA) is 17.1 Å². The summed E-state index contributed by atoms with van der Waals surface area (Å²) in [5.74, 6) is 0. The third-order valence-corrected chi connectivity index (χ3v) is 2.53. The number of halogens is 1. The van der Waals surface area contributed by atoms with E-state index in [1.165, 1.54) is 0 Å². The molecule has 0 aliphatic carbocycles. The highest BCUT2D eigenvalue weighted by molar-refractivity contribution is 9.10. The van der Waals surface area contributed by atoms with Gasteiger partial charge >= 0.3 is 0 Å². The molecule has 0 N–H and O–H groups in total. The Morgan fingerprint density at radius 1 is 1.46 bits per heavy atom. The molecule has 0 fully saturated rings. The van der Waals surface area contributed by atoms with Crippen molar-refractivity contribution in [2.24, 2.45) is 0 Å². The highest BCUT2D eigenvalue weighted by Gasteiger charge is 1.96. The average molecular weight is 239 g/mol. The third-order valence-electron chi connectivity index (χ3n) is 1.81. The van der Waals surface area contributed by atoms with Crippen molar-refractivity contribution < 1.29 is 4.79 Å². The zero-order valence-electron chi connectivity index (χ0n) is 7.46. The van der Waals surface area contributed by atoms with Crippen LogP contribution in [0.1, 0.15) is 18.9 Å². The number of hydrogen-bond donors (Lipinski definition) is 0. The van der Waals surface area contributed by atoms with Crippen LogP contribution in [0.4, 0.5) is 0 Å². The van der Waals surface area contributed by atoms with E-state index >= 15 is 0 Å². The summed E-state index contributed by atoms with van der Waals surface area (Å²) in [6, 6.07) is 7.84. The van der Waals surface area contributed by atoms with Crippen molar-refractivity contribution in [1.82, 2.24) is 0 Å². The predicted octanol–water partition coefficient (Wildman–Crippen LogP) is 3.44. The van der Waals surface area contributed by atoms with E-state index in [0.29, 0.717) is 0 Å². The maximum atomic E-state index is 10.6. The fraction of sp³-hybridized carbons (Fsp3) is 0.182. The number of aldehydes is 1. The minimum absolute atomic E-state index is 0.769. The largest absolute Gasteiger partial charge is 0.298 e. The lowest BCUT2D eigenvalue weighted by Gasteiger charge is -1.98. The lowest BCUT2D eigenvalue weighted by atomic mass is 10.1. The smallest absolute Gasteiger partial charge is 0.146 e. The molecular formula is C11H11BrO. The zero-order valence-corrected chi connectivity index (χ0v) is 9.04. The van der Waals surface area contributed by atoms with E-state index in [2.05, 4.69) is 15.9 Å². The highest BCUT2D eigenvalue weighted by atomic mass is 79.9. The quantitative estimate of drug-likeness (QED) is 0.583. The number of benzene rings is 1. The van der Waals surface area contributed by atoms with Crippen LogP contribution < -0.4 is 0 Å². The molecule has 13 heavy (non-hydrogen) atoms. The first-order valence-electron chi connectivity index (χ1n) is 4.18. The summed E-state index contributed by atoms with van der Waals surface area (Å²) >= 11 is 3.42. The van der Waals surface area contributed by atoms with Gasteiger partial charge in [-0.1, -0.05) is 41.1 Å². The van der Waals surface area contributed by atoms with Gasteiger partial charge in [-0.05, 0) is 29.7 Å². The minimum atomic E-state index is 0.769. The van der Waals surface area contributed by atoms with Crippen LogP contribution in [0.2, 0.25) is 0 Å². The summed E-state index contributed by atoms with van der Waals surface area (Å²) in [5.41, 5.74) is 1.86. The lowest BCUT2D eigenvalue weighted by molar-refractivity contribution is -0.104. The Bertz CT molecular complexity index is 329. The van der Waals surface area contributed by atoms with Crippen molar-refractivity contribution in [3.8, 4) is 0 Å².